The number of nitrogens with one attached hydrogen (secondary N) is 2. The number of pyridine rings is 1. The van der Waals surface area contributed by atoms with Crippen molar-refractivity contribution in [2.45, 2.75) is 30.8 Å². The van der Waals surface area contributed by atoms with E-state index in [1.54, 1.807) is 6.20 Å². The molecule has 0 bridgehead atoms. The predicted molar refractivity (Wildman–Crippen MR) is 95.3 cm³/mol. The van der Waals surface area contributed by atoms with Gasteiger partial charge in [0, 0.05) is 29.0 Å². The fraction of sp³-hybridized carbons (Fsp3) is 0.333. The number of carbonyl (C=O) groups is 1. The van der Waals surface area contributed by atoms with E-state index in [1.165, 1.54) is 10.5 Å². The number of rotatable bonds is 5. The van der Waals surface area contributed by atoms with E-state index in [4.69, 9.17) is 4.74 Å². The van der Waals surface area contributed by atoms with Crippen LogP contribution < -0.4 is 15.4 Å². The molecule has 2 N–H and O–H groups in total. The average molecular weight is 343 g/mol. The molecule has 0 fully saturated rings. The third-order valence-electron chi connectivity index (χ3n) is 3.83. The van der Waals surface area contributed by atoms with Gasteiger partial charge in [-0.2, -0.15) is 0 Å². The van der Waals surface area contributed by atoms with Gasteiger partial charge in [-0.1, -0.05) is 24.3 Å². The number of hydrogen-bond acceptors (Lipinski definition) is 4. The molecule has 0 radical (unpaired) electrons. The molecule has 126 valence electrons. The molecule has 5 nitrogen and oxygen atoms in total. The summed E-state index contributed by atoms with van der Waals surface area (Å²) in [6.07, 6.45) is 2.62. The Morgan fingerprint density at radius 1 is 1.33 bits per heavy atom. The van der Waals surface area contributed by atoms with Gasteiger partial charge in [0.1, 0.15) is 0 Å². The van der Waals surface area contributed by atoms with Crippen molar-refractivity contribution in [1.82, 2.24) is 15.6 Å². The van der Waals surface area contributed by atoms with Gasteiger partial charge in [0.15, 0.2) is 0 Å². The maximum Gasteiger partial charge on any atom is 0.315 e. The van der Waals surface area contributed by atoms with Gasteiger partial charge in [0.25, 0.3) is 0 Å². The number of ether oxygens (including phenoxy) is 1. The zero-order valence-electron chi connectivity index (χ0n) is 13.6. The summed E-state index contributed by atoms with van der Waals surface area (Å²) >= 11 is 1.84. The Morgan fingerprint density at radius 2 is 2.21 bits per heavy atom. The SMILES string of the molecule is CCOc1ncccc1CNC(=O)NC1CCSc2ccccc21. The highest BCUT2D eigenvalue weighted by atomic mass is 32.2. The summed E-state index contributed by atoms with van der Waals surface area (Å²) in [6.45, 7) is 2.85. The first-order chi connectivity index (χ1) is 11.8. The Balaban J connectivity index is 1.59. The third kappa shape index (κ3) is 4.00. The molecule has 0 saturated carbocycles. The molecule has 2 aromatic rings. The zero-order valence-corrected chi connectivity index (χ0v) is 14.4. The molecule has 0 aliphatic carbocycles. The quantitative estimate of drug-likeness (QED) is 0.872. The van der Waals surface area contributed by atoms with Crippen LogP contribution in [0.15, 0.2) is 47.5 Å². The lowest BCUT2D eigenvalue weighted by Crippen LogP contribution is -2.38. The molecule has 0 saturated heterocycles. The van der Waals surface area contributed by atoms with Crippen molar-refractivity contribution < 1.29 is 9.53 Å². The van der Waals surface area contributed by atoms with Crippen molar-refractivity contribution in [2.24, 2.45) is 0 Å². The van der Waals surface area contributed by atoms with Gasteiger partial charge in [-0.15, -0.1) is 11.8 Å². The Kier molecular flexibility index (Phi) is 5.59. The van der Waals surface area contributed by atoms with Gasteiger partial charge < -0.3 is 15.4 Å². The molecule has 1 aromatic heterocycles. The van der Waals surface area contributed by atoms with Crippen molar-refractivity contribution in [3.8, 4) is 5.88 Å². The molecule has 0 spiro atoms. The van der Waals surface area contributed by atoms with Crippen LogP contribution in [0.1, 0.15) is 30.5 Å². The molecular formula is C18H21N3O2S. The maximum absolute atomic E-state index is 12.3. The summed E-state index contributed by atoms with van der Waals surface area (Å²) in [5.74, 6) is 1.58. The number of urea groups is 1. The molecule has 1 aliphatic heterocycles. The molecule has 1 unspecified atom stereocenters. The van der Waals surface area contributed by atoms with E-state index in [-0.39, 0.29) is 12.1 Å². The smallest absolute Gasteiger partial charge is 0.315 e. The van der Waals surface area contributed by atoms with Crippen molar-refractivity contribution >= 4 is 17.8 Å². The Hall–Kier alpha value is -2.21. The fourth-order valence-corrected chi connectivity index (χ4v) is 3.83. The largest absolute Gasteiger partial charge is 0.478 e. The minimum Gasteiger partial charge on any atom is -0.478 e. The zero-order chi connectivity index (χ0) is 16.8. The Morgan fingerprint density at radius 3 is 3.08 bits per heavy atom. The molecule has 3 rings (SSSR count). The van der Waals surface area contributed by atoms with E-state index in [1.807, 2.05) is 43.0 Å². The van der Waals surface area contributed by atoms with Crippen LogP contribution in [0.2, 0.25) is 0 Å². The Bertz CT molecular complexity index is 708. The predicted octanol–water partition coefficient (Wildman–Crippen LogP) is 3.52. The lowest BCUT2D eigenvalue weighted by atomic mass is 10.0. The summed E-state index contributed by atoms with van der Waals surface area (Å²) < 4.78 is 5.48. The number of benzene rings is 1. The minimum atomic E-state index is -0.173. The number of nitrogens with zero attached hydrogens (tertiary/aromatic N) is 1. The monoisotopic (exact) mass is 343 g/mol. The first kappa shape index (κ1) is 16.6. The van der Waals surface area contributed by atoms with Gasteiger partial charge in [-0.05, 0) is 31.0 Å². The topological polar surface area (TPSA) is 63.2 Å². The highest BCUT2D eigenvalue weighted by molar-refractivity contribution is 7.99. The van der Waals surface area contributed by atoms with Crippen LogP contribution in [0.4, 0.5) is 4.79 Å². The molecule has 6 heteroatoms. The van der Waals surface area contributed by atoms with E-state index in [0.29, 0.717) is 19.0 Å². The van der Waals surface area contributed by atoms with E-state index < -0.39 is 0 Å². The van der Waals surface area contributed by atoms with Crippen LogP contribution >= 0.6 is 11.8 Å². The number of carbonyl (C=O) groups excluding carboxylic acids is 1. The normalized spacial score (nSPS) is 16.1. The molecule has 24 heavy (non-hydrogen) atoms. The number of amides is 2. The molecule has 1 aromatic carbocycles. The van der Waals surface area contributed by atoms with E-state index in [2.05, 4.69) is 27.8 Å². The second kappa shape index (κ2) is 8.06. The Labute approximate surface area is 146 Å². The van der Waals surface area contributed by atoms with Crippen molar-refractivity contribution in [2.75, 3.05) is 12.4 Å². The summed E-state index contributed by atoms with van der Waals surface area (Å²) in [5.41, 5.74) is 2.06. The average Bonchev–Trinajstić information content (AvgIpc) is 2.62. The molecule has 2 amide bonds. The summed E-state index contributed by atoms with van der Waals surface area (Å²) in [4.78, 5) is 17.7. The van der Waals surface area contributed by atoms with Crippen LogP contribution in [0.5, 0.6) is 5.88 Å². The van der Waals surface area contributed by atoms with Crippen molar-refractivity contribution in [1.29, 1.82) is 0 Å². The van der Waals surface area contributed by atoms with Crippen molar-refractivity contribution in [3.63, 3.8) is 0 Å². The first-order valence-corrected chi connectivity index (χ1v) is 9.09. The molecular weight excluding hydrogens is 322 g/mol. The van der Waals surface area contributed by atoms with Gasteiger partial charge >= 0.3 is 6.03 Å². The van der Waals surface area contributed by atoms with E-state index >= 15 is 0 Å². The summed E-state index contributed by atoms with van der Waals surface area (Å²) in [5, 5.41) is 5.97. The third-order valence-corrected chi connectivity index (χ3v) is 4.96. The number of fused-ring (bicyclic) bond motifs is 1. The van der Waals surface area contributed by atoms with E-state index in [9.17, 15) is 4.79 Å². The van der Waals surface area contributed by atoms with Gasteiger partial charge in [-0.3, -0.25) is 0 Å². The highest BCUT2D eigenvalue weighted by Crippen LogP contribution is 2.35. The van der Waals surface area contributed by atoms with Gasteiger partial charge in [0.2, 0.25) is 5.88 Å². The standard InChI is InChI=1S/C18H21N3O2S/c1-2-23-17-13(6-5-10-19-17)12-20-18(22)21-15-9-11-24-16-8-4-3-7-14(15)16/h3-8,10,15H,2,9,11-12H2,1H3,(H2,20,21,22). The second-order valence-corrected chi connectivity index (χ2v) is 6.59. The van der Waals surface area contributed by atoms with E-state index in [0.717, 1.165) is 17.7 Å². The fourth-order valence-electron chi connectivity index (χ4n) is 2.70. The summed E-state index contributed by atoms with van der Waals surface area (Å²) in [6, 6.07) is 11.9. The van der Waals surface area contributed by atoms with Gasteiger partial charge in [-0.25, -0.2) is 9.78 Å². The first-order valence-electron chi connectivity index (χ1n) is 8.10. The lowest BCUT2D eigenvalue weighted by molar-refractivity contribution is 0.236. The second-order valence-electron chi connectivity index (χ2n) is 5.46. The van der Waals surface area contributed by atoms with Gasteiger partial charge in [0.05, 0.1) is 12.6 Å². The minimum absolute atomic E-state index is 0.0581. The highest BCUT2D eigenvalue weighted by Gasteiger charge is 2.21. The summed E-state index contributed by atoms with van der Waals surface area (Å²) in [7, 11) is 0. The molecule has 1 aliphatic rings. The van der Waals surface area contributed by atoms with Crippen LogP contribution in [-0.2, 0) is 6.54 Å². The van der Waals surface area contributed by atoms with Crippen LogP contribution in [0.3, 0.4) is 0 Å². The number of hydrogen-bond donors (Lipinski definition) is 2. The van der Waals surface area contributed by atoms with Crippen LogP contribution in [0, 0.1) is 0 Å². The number of aromatic nitrogens is 1. The molecule has 1 atom stereocenters. The van der Waals surface area contributed by atoms with Crippen LogP contribution in [-0.4, -0.2) is 23.4 Å². The van der Waals surface area contributed by atoms with Crippen LogP contribution in [0.25, 0.3) is 0 Å². The van der Waals surface area contributed by atoms with Crippen molar-refractivity contribution in [3.05, 3.63) is 53.7 Å². The number of thioether (sulfide) groups is 1. The lowest BCUT2D eigenvalue weighted by Gasteiger charge is -2.26. The molecule has 2 heterocycles. The maximum atomic E-state index is 12.3.